The normalized spacial score (nSPS) is 16.7. The van der Waals surface area contributed by atoms with Crippen LogP contribution in [0.5, 0.6) is 0 Å². The van der Waals surface area contributed by atoms with Gasteiger partial charge in [-0.05, 0) is 36.5 Å². The lowest BCUT2D eigenvalue weighted by atomic mass is 10.1. The average molecular weight is 350 g/mol. The number of carbonyl (C=O) groups is 2. The van der Waals surface area contributed by atoms with E-state index in [2.05, 4.69) is 17.4 Å². The standard InChI is InChI=1S/C22H26N2O2/c1-17-8-5-6-12-19(17)15-23-22(26)20-14-21(25)24(16-20)13-7-11-18-9-3-2-4-10-18/h2-6,8-10,12,20H,7,11,13-16H2,1H3,(H,23,26). The number of rotatable bonds is 7. The van der Waals surface area contributed by atoms with Gasteiger partial charge in [0, 0.05) is 26.1 Å². The topological polar surface area (TPSA) is 49.4 Å². The third-order valence-electron chi connectivity index (χ3n) is 5.04. The molecule has 1 heterocycles. The van der Waals surface area contributed by atoms with E-state index in [1.807, 2.05) is 54.3 Å². The molecule has 0 spiro atoms. The van der Waals surface area contributed by atoms with Crippen LogP contribution in [0.3, 0.4) is 0 Å². The molecule has 1 N–H and O–H groups in total. The fourth-order valence-corrected chi connectivity index (χ4v) is 3.42. The van der Waals surface area contributed by atoms with Gasteiger partial charge in [0.2, 0.25) is 11.8 Å². The van der Waals surface area contributed by atoms with Crippen molar-refractivity contribution in [3.63, 3.8) is 0 Å². The number of hydrogen-bond acceptors (Lipinski definition) is 2. The van der Waals surface area contributed by atoms with E-state index in [-0.39, 0.29) is 17.7 Å². The monoisotopic (exact) mass is 350 g/mol. The van der Waals surface area contributed by atoms with Crippen LogP contribution < -0.4 is 5.32 Å². The van der Waals surface area contributed by atoms with Gasteiger partial charge < -0.3 is 10.2 Å². The number of likely N-dealkylation sites (tertiary alicyclic amines) is 1. The summed E-state index contributed by atoms with van der Waals surface area (Å²) < 4.78 is 0. The number of amides is 2. The van der Waals surface area contributed by atoms with Crippen LogP contribution in [0.15, 0.2) is 54.6 Å². The summed E-state index contributed by atoms with van der Waals surface area (Å²) in [7, 11) is 0. The van der Waals surface area contributed by atoms with Crippen molar-refractivity contribution in [2.75, 3.05) is 13.1 Å². The molecule has 2 aromatic rings. The van der Waals surface area contributed by atoms with E-state index in [1.54, 1.807) is 0 Å². The second kappa shape index (κ2) is 8.65. The molecule has 4 heteroatoms. The molecule has 2 amide bonds. The lowest BCUT2D eigenvalue weighted by molar-refractivity contribution is -0.129. The zero-order valence-corrected chi connectivity index (χ0v) is 15.3. The SMILES string of the molecule is Cc1ccccc1CNC(=O)C1CC(=O)N(CCCc2ccccc2)C1. The Hall–Kier alpha value is -2.62. The summed E-state index contributed by atoms with van der Waals surface area (Å²) in [6, 6.07) is 18.3. The van der Waals surface area contributed by atoms with Gasteiger partial charge in [0.15, 0.2) is 0 Å². The predicted octanol–water partition coefficient (Wildman–Crippen LogP) is 3.09. The molecule has 0 bridgehead atoms. The van der Waals surface area contributed by atoms with Crippen LogP contribution in [0.4, 0.5) is 0 Å². The number of nitrogens with zero attached hydrogens (tertiary/aromatic N) is 1. The molecule has 1 saturated heterocycles. The molecule has 4 nitrogen and oxygen atoms in total. The second-order valence-electron chi connectivity index (χ2n) is 6.97. The highest BCUT2D eigenvalue weighted by molar-refractivity contribution is 5.89. The molecule has 1 unspecified atom stereocenters. The summed E-state index contributed by atoms with van der Waals surface area (Å²) in [6.45, 7) is 3.81. The van der Waals surface area contributed by atoms with Gasteiger partial charge in [-0.3, -0.25) is 9.59 Å². The highest BCUT2D eigenvalue weighted by atomic mass is 16.2. The molecular formula is C22H26N2O2. The predicted molar refractivity (Wildman–Crippen MR) is 102 cm³/mol. The van der Waals surface area contributed by atoms with Gasteiger partial charge in [0.25, 0.3) is 0 Å². The van der Waals surface area contributed by atoms with Gasteiger partial charge in [-0.15, -0.1) is 0 Å². The summed E-state index contributed by atoms with van der Waals surface area (Å²) in [5.74, 6) is -0.162. The summed E-state index contributed by atoms with van der Waals surface area (Å²) in [5.41, 5.74) is 3.56. The molecule has 1 fully saturated rings. The van der Waals surface area contributed by atoms with E-state index in [4.69, 9.17) is 0 Å². The van der Waals surface area contributed by atoms with Crippen LogP contribution in [-0.2, 0) is 22.6 Å². The zero-order valence-electron chi connectivity index (χ0n) is 15.3. The van der Waals surface area contributed by atoms with Gasteiger partial charge >= 0.3 is 0 Å². The third-order valence-corrected chi connectivity index (χ3v) is 5.04. The molecule has 0 radical (unpaired) electrons. The molecule has 1 atom stereocenters. The van der Waals surface area contributed by atoms with Crippen LogP contribution in [0.2, 0.25) is 0 Å². The Morgan fingerprint density at radius 3 is 2.62 bits per heavy atom. The van der Waals surface area contributed by atoms with Crippen molar-refractivity contribution in [1.29, 1.82) is 0 Å². The molecule has 1 aliphatic heterocycles. The Labute approximate surface area is 155 Å². The summed E-state index contributed by atoms with van der Waals surface area (Å²) in [5, 5.41) is 2.99. The number of aryl methyl sites for hydroxylation is 2. The molecule has 1 aliphatic rings. The lowest BCUT2D eigenvalue weighted by Crippen LogP contribution is -2.33. The molecule has 2 aromatic carbocycles. The highest BCUT2D eigenvalue weighted by Gasteiger charge is 2.33. The summed E-state index contributed by atoms with van der Waals surface area (Å²) >= 11 is 0. The Balaban J connectivity index is 1.44. The number of carbonyl (C=O) groups excluding carboxylic acids is 2. The zero-order chi connectivity index (χ0) is 18.4. The van der Waals surface area contributed by atoms with Crippen LogP contribution in [-0.4, -0.2) is 29.8 Å². The maximum absolute atomic E-state index is 12.4. The number of benzene rings is 2. The first kappa shape index (κ1) is 18.2. The maximum atomic E-state index is 12.4. The third kappa shape index (κ3) is 4.72. The minimum Gasteiger partial charge on any atom is -0.352 e. The number of hydrogen-bond donors (Lipinski definition) is 1. The van der Waals surface area contributed by atoms with Gasteiger partial charge in [-0.2, -0.15) is 0 Å². The quantitative estimate of drug-likeness (QED) is 0.834. The molecule has 136 valence electrons. The lowest BCUT2D eigenvalue weighted by Gasteiger charge is -2.16. The molecular weight excluding hydrogens is 324 g/mol. The van der Waals surface area contributed by atoms with Gasteiger partial charge in [0.1, 0.15) is 0 Å². The fraction of sp³-hybridized carbons (Fsp3) is 0.364. The summed E-state index contributed by atoms with van der Waals surface area (Å²) in [6.07, 6.45) is 2.20. The first-order chi connectivity index (χ1) is 12.6. The van der Waals surface area contributed by atoms with Crippen LogP contribution >= 0.6 is 0 Å². The van der Waals surface area contributed by atoms with Gasteiger partial charge in [-0.25, -0.2) is 0 Å². The largest absolute Gasteiger partial charge is 0.352 e. The van der Waals surface area contributed by atoms with Crippen molar-refractivity contribution in [3.8, 4) is 0 Å². The second-order valence-corrected chi connectivity index (χ2v) is 6.97. The van der Waals surface area contributed by atoms with E-state index < -0.39 is 0 Å². The van der Waals surface area contributed by atoms with Crippen molar-refractivity contribution >= 4 is 11.8 Å². The van der Waals surface area contributed by atoms with E-state index in [0.29, 0.717) is 19.5 Å². The van der Waals surface area contributed by atoms with E-state index in [9.17, 15) is 9.59 Å². The van der Waals surface area contributed by atoms with Crippen LogP contribution in [0.1, 0.15) is 29.5 Å². The minimum absolute atomic E-state index is 0.0211. The highest BCUT2D eigenvalue weighted by Crippen LogP contribution is 2.19. The van der Waals surface area contributed by atoms with Crippen molar-refractivity contribution < 1.29 is 9.59 Å². The van der Waals surface area contributed by atoms with Crippen molar-refractivity contribution in [1.82, 2.24) is 10.2 Å². The Kier molecular flexibility index (Phi) is 6.05. The minimum atomic E-state index is -0.233. The molecule has 26 heavy (non-hydrogen) atoms. The van der Waals surface area contributed by atoms with E-state index in [0.717, 1.165) is 30.5 Å². The molecule has 0 aliphatic carbocycles. The van der Waals surface area contributed by atoms with Crippen molar-refractivity contribution in [2.24, 2.45) is 5.92 Å². The smallest absolute Gasteiger partial charge is 0.225 e. The van der Waals surface area contributed by atoms with Gasteiger partial charge in [0.05, 0.1) is 5.92 Å². The van der Waals surface area contributed by atoms with E-state index in [1.165, 1.54) is 5.56 Å². The molecule has 0 saturated carbocycles. The van der Waals surface area contributed by atoms with E-state index >= 15 is 0 Å². The first-order valence-corrected chi connectivity index (χ1v) is 9.27. The van der Waals surface area contributed by atoms with Crippen LogP contribution in [0.25, 0.3) is 0 Å². The van der Waals surface area contributed by atoms with Crippen LogP contribution in [0, 0.1) is 12.8 Å². The first-order valence-electron chi connectivity index (χ1n) is 9.27. The van der Waals surface area contributed by atoms with Crippen molar-refractivity contribution in [2.45, 2.75) is 32.7 Å². The summed E-state index contributed by atoms with van der Waals surface area (Å²) in [4.78, 5) is 26.5. The maximum Gasteiger partial charge on any atom is 0.225 e. The Morgan fingerprint density at radius 1 is 1.12 bits per heavy atom. The fourth-order valence-electron chi connectivity index (χ4n) is 3.42. The van der Waals surface area contributed by atoms with Gasteiger partial charge in [-0.1, -0.05) is 54.6 Å². The molecule has 0 aromatic heterocycles. The average Bonchev–Trinajstić information content (AvgIpc) is 3.03. The molecule has 3 rings (SSSR count). The Morgan fingerprint density at radius 2 is 1.85 bits per heavy atom. The number of nitrogens with one attached hydrogen (secondary N) is 1. The van der Waals surface area contributed by atoms with Crippen molar-refractivity contribution in [3.05, 3.63) is 71.3 Å². The Bertz CT molecular complexity index is 758.